The van der Waals surface area contributed by atoms with E-state index in [1.54, 1.807) is 12.3 Å². The van der Waals surface area contributed by atoms with Gasteiger partial charge in [0.05, 0.1) is 11.8 Å². The summed E-state index contributed by atoms with van der Waals surface area (Å²) in [4.78, 5) is 14.0. The van der Waals surface area contributed by atoms with Crippen molar-refractivity contribution >= 4 is 5.91 Å². The van der Waals surface area contributed by atoms with E-state index in [2.05, 4.69) is 19.2 Å². The highest BCUT2D eigenvalue weighted by atomic mass is 16.3. The Morgan fingerprint density at radius 3 is 3.06 bits per heavy atom. The van der Waals surface area contributed by atoms with Crippen molar-refractivity contribution in [3.05, 3.63) is 24.2 Å². The summed E-state index contributed by atoms with van der Waals surface area (Å²) in [6.45, 7) is 6.95. The van der Waals surface area contributed by atoms with Crippen molar-refractivity contribution in [2.75, 3.05) is 19.6 Å². The van der Waals surface area contributed by atoms with Crippen LogP contribution in [0.5, 0.6) is 0 Å². The normalized spacial score (nSPS) is 24.9. The lowest BCUT2D eigenvalue weighted by atomic mass is 9.93. The SMILES string of the molecule is CCNC1CCN(C(=O)c2ccoc2)CC1C. The molecular weight excluding hydrogens is 216 g/mol. The Morgan fingerprint density at radius 1 is 1.65 bits per heavy atom. The predicted octanol–water partition coefficient (Wildman–Crippen LogP) is 1.74. The van der Waals surface area contributed by atoms with Crippen LogP contribution in [0.3, 0.4) is 0 Å². The van der Waals surface area contributed by atoms with Crippen molar-refractivity contribution in [1.82, 2.24) is 10.2 Å². The maximum absolute atomic E-state index is 12.1. The molecule has 17 heavy (non-hydrogen) atoms. The number of furan rings is 1. The van der Waals surface area contributed by atoms with Crippen molar-refractivity contribution in [3.63, 3.8) is 0 Å². The minimum atomic E-state index is 0.0838. The Bertz CT molecular complexity index is 362. The zero-order valence-electron chi connectivity index (χ0n) is 10.5. The zero-order chi connectivity index (χ0) is 12.3. The minimum Gasteiger partial charge on any atom is -0.472 e. The topological polar surface area (TPSA) is 45.5 Å². The van der Waals surface area contributed by atoms with Crippen molar-refractivity contribution in [3.8, 4) is 0 Å². The number of carbonyl (C=O) groups is 1. The van der Waals surface area contributed by atoms with E-state index in [-0.39, 0.29) is 5.91 Å². The zero-order valence-corrected chi connectivity index (χ0v) is 10.5. The third kappa shape index (κ3) is 2.69. The summed E-state index contributed by atoms with van der Waals surface area (Å²) in [6.07, 6.45) is 4.09. The van der Waals surface area contributed by atoms with Crippen LogP contribution in [-0.4, -0.2) is 36.5 Å². The van der Waals surface area contributed by atoms with E-state index in [4.69, 9.17) is 4.42 Å². The molecule has 1 N–H and O–H groups in total. The van der Waals surface area contributed by atoms with Gasteiger partial charge in [0.2, 0.25) is 0 Å². The van der Waals surface area contributed by atoms with Crippen LogP contribution in [0.15, 0.2) is 23.0 Å². The van der Waals surface area contributed by atoms with Gasteiger partial charge in [-0.05, 0) is 24.9 Å². The highest BCUT2D eigenvalue weighted by Crippen LogP contribution is 2.19. The molecule has 0 saturated carbocycles. The van der Waals surface area contributed by atoms with Crippen LogP contribution in [0, 0.1) is 5.92 Å². The summed E-state index contributed by atoms with van der Waals surface area (Å²) in [5.41, 5.74) is 0.652. The molecule has 4 heteroatoms. The van der Waals surface area contributed by atoms with Gasteiger partial charge in [-0.2, -0.15) is 0 Å². The number of nitrogens with one attached hydrogen (secondary N) is 1. The first-order chi connectivity index (χ1) is 8.22. The fourth-order valence-corrected chi connectivity index (χ4v) is 2.46. The highest BCUT2D eigenvalue weighted by Gasteiger charge is 2.28. The monoisotopic (exact) mass is 236 g/mol. The molecule has 2 unspecified atom stereocenters. The number of hydrogen-bond donors (Lipinski definition) is 1. The van der Waals surface area contributed by atoms with E-state index >= 15 is 0 Å². The second-order valence-corrected chi connectivity index (χ2v) is 4.69. The van der Waals surface area contributed by atoms with E-state index < -0.39 is 0 Å². The van der Waals surface area contributed by atoms with Crippen LogP contribution in [0.25, 0.3) is 0 Å². The van der Waals surface area contributed by atoms with Gasteiger partial charge in [0.15, 0.2) is 0 Å². The van der Waals surface area contributed by atoms with Crippen LogP contribution in [0.4, 0.5) is 0 Å². The molecule has 1 aliphatic rings. The van der Waals surface area contributed by atoms with Gasteiger partial charge in [-0.25, -0.2) is 0 Å². The summed E-state index contributed by atoms with van der Waals surface area (Å²) in [7, 11) is 0. The minimum absolute atomic E-state index is 0.0838. The van der Waals surface area contributed by atoms with Gasteiger partial charge >= 0.3 is 0 Å². The summed E-state index contributed by atoms with van der Waals surface area (Å²) in [5.74, 6) is 0.583. The first-order valence-electron chi connectivity index (χ1n) is 6.27. The molecule has 1 amide bonds. The number of hydrogen-bond acceptors (Lipinski definition) is 3. The lowest BCUT2D eigenvalue weighted by Gasteiger charge is -2.37. The van der Waals surface area contributed by atoms with Crippen LogP contribution in [0.1, 0.15) is 30.6 Å². The molecule has 1 fully saturated rings. The molecule has 2 rings (SSSR count). The molecular formula is C13H20N2O2. The lowest BCUT2D eigenvalue weighted by Crippen LogP contribution is -2.50. The molecule has 4 nitrogen and oxygen atoms in total. The lowest BCUT2D eigenvalue weighted by molar-refractivity contribution is 0.0645. The number of piperidine rings is 1. The molecule has 0 aliphatic carbocycles. The molecule has 94 valence electrons. The Balaban J connectivity index is 1.95. The highest BCUT2D eigenvalue weighted by molar-refractivity contribution is 5.93. The maximum Gasteiger partial charge on any atom is 0.257 e. The molecule has 1 aromatic rings. The number of nitrogens with zero attached hydrogens (tertiary/aromatic N) is 1. The van der Waals surface area contributed by atoms with Crippen molar-refractivity contribution in [2.24, 2.45) is 5.92 Å². The quantitative estimate of drug-likeness (QED) is 0.869. The Hall–Kier alpha value is -1.29. The molecule has 0 radical (unpaired) electrons. The fraction of sp³-hybridized carbons (Fsp3) is 0.615. The van der Waals surface area contributed by atoms with Crippen molar-refractivity contribution < 1.29 is 9.21 Å². The summed E-state index contributed by atoms with van der Waals surface area (Å²) in [5, 5.41) is 3.47. The van der Waals surface area contributed by atoms with Gasteiger partial charge in [-0.1, -0.05) is 13.8 Å². The summed E-state index contributed by atoms with van der Waals surface area (Å²) < 4.78 is 4.95. The van der Waals surface area contributed by atoms with Gasteiger partial charge in [0.1, 0.15) is 6.26 Å². The van der Waals surface area contributed by atoms with Crippen LogP contribution in [0.2, 0.25) is 0 Å². The van der Waals surface area contributed by atoms with Crippen LogP contribution in [-0.2, 0) is 0 Å². The molecule has 2 heterocycles. The van der Waals surface area contributed by atoms with E-state index in [1.165, 1.54) is 6.26 Å². The number of carbonyl (C=O) groups excluding carboxylic acids is 1. The van der Waals surface area contributed by atoms with Crippen molar-refractivity contribution in [1.29, 1.82) is 0 Å². The summed E-state index contributed by atoms with van der Waals surface area (Å²) in [6, 6.07) is 2.26. The van der Waals surface area contributed by atoms with Gasteiger partial charge in [0.25, 0.3) is 5.91 Å². The maximum atomic E-state index is 12.1. The first kappa shape index (κ1) is 12.2. The predicted molar refractivity (Wildman–Crippen MR) is 65.9 cm³/mol. The van der Waals surface area contributed by atoms with E-state index in [0.717, 1.165) is 26.1 Å². The summed E-state index contributed by atoms with van der Waals surface area (Å²) >= 11 is 0. The Morgan fingerprint density at radius 2 is 2.47 bits per heavy atom. The number of rotatable bonds is 3. The third-order valence-electron chi connectivity index (χ3n) is 3.43. The number of amides is 1. The first-order valence-corrected chi connectivity index (χ1v) is 6.27. The van der Waals surface area contributed by atoms with E-state index in [0.29, 0.717) is 17.5 Å². The molecule has 0 aromatic carbocycles. The fourth-order valence-electron chi connectivity index (χ4n) is 2.46. The van der Waals surface area contributed by atoms with Gasteiger partial charge in [-0.15, -0.1) is 0 Å². The molecule has 1 saturated heterocycles. The van der Waals surface area contributed by atoms with Gasteiger partial charge in [-0.3, -0.25) is 4.79 Å². The Kier molecular flexibility index (Phi) is 3.84. The second kappa shape index (κ2) is 5.36. The average molecular weight is 236 g/mol. The van der Waals surface area contributed by atoms with E-state index in [1.807, 2.05) is 4.90 Å². The van der Waals surface area contributed by atoms with Crippen molar-refractivity contribution in [2.45, 2.75) is 26.3 Å². The molecule has 1 aliphatic heterocycles. The van der Waals surface area contributed by atoms with Gasteiger partial charge < -0.3 is 14.6 Å². The van der Waals surface area contributed by atoms with Gasteiger partial charge in [0, 0.05) is 19.1 Å². The Labute approximate surface area is 102 Å². The molecule has 1 aromatic heterocycles. The third-order valence-corrected chi connectivity index (χ3v) is 3.43. The van der Waals surface area contributed by atoms with Crippen LogP contribution >= 0.6 is 0 Å². The molecule has 2 atom stereocenters. The van der Waals surface area contributed by atoms with E-state index in [9.17, 15) is 4.79 Å². The molecule has 0 bridgehead atoms. The smallest absolute Gasteiger partial charge is 0.257 e. The number of likely N-dealkylation sites (tertiary alicyclic amines) is 1. The van der Waals surface area contributed by atoms with Crippen LogP contribution < -0.4 is 5.32 Å². The second-order valence-electron chi connectivity index (χ2n) is 4.69. The average Bonchev–Trinajstić information content (AvgIpc) is 2.84. The standard InChI is InChI=1S/C13H20N2O2/c1-3-14-12-4-6-15(8-10(12)2)13(16)11-5-7-17-9-11/h5,7,9-10,12,14H,3-4,6,8H2,1-2H3. The molecule has 0 spiro atoms. The largest absolute Gasteiger partial charge is 0.472 e.